The molecule has 0 bridgehead atoms. The first-order valence-electron chi connectivity index (χ1n) is 14.5. The van der Waals surface area contributed by atoms with Crippen molar-refractivity contribution in [1.82, 2.24) is 10.2 Å². The van der Waals surface area contributed by atoms with Crippen LogP contribution in [0.15, 0.2) is 42.5 Å². The number of hydrogen-bond donors (Lipinski definition) is 3. The molecule has 0 radical (unpaired) electrons. The molecule has 1 unspecified atom stereocenters. The zero-order valence-corrected chi connectivity index (χ0v) is 25.8. The van der Waals surface area contributed by atoms with Crippen molar-refractivity contribution in [1.29, 1.82) is 0 Å². The maximum absolute atomic E-state index is 13.9. The number of Topliss-reactive ketones (excluding diaryl/α,β-unsaturated/α-hetero) is 1. The number of ketones is 1. The number of unbranched alkanes of at least 4 members (excludes halogenated alkanes) is 1. The summed E-state index contributed by atoms with van der Waals surface area (Å²) in [5.41, 5.74) is 1.26. The first-order valence-corrected chi connectivity index (χ1v) is 16.4. The van der Waals surface area contributed by atoms with Gasteiger partial charge in [-0.15, -0.1) is 0 Å². The van der Waals surface area contributed by atoms with Crippen molar-refractivity contribution in [2.75, 3.05) is 36.5 Å². The van der Waals surface area contributed by atoms with E-state index in [1.807, 2.05) is 45.0 Å². The molecular formula is C31H43N3O7S. The first-order chi connectivity index (χ1) is 19.9. The Morgan fingerprint density at radius 2 is 1.74 bits per heavy atom. The molecule has 1 atom stereocenters. The SMILES string of the molecule is CCNc1cc(C(C)N(CCCCc2ccccc2)C(=O)NC2(C(=O)O)CCS(=O)(=O)CC2)cc(OCC)c1C(C)=O. The Labute approximate surface area is 248 Å². The third-order valence-electron chi connectivity index (χ3n) is 7.75. The van der Waals surface area contributed by atoms with Crippen LogP contribution in [-0.2, 0) is 21.1 Å². The van der Waals surface area contributed by atoms with Crippen molar-refractivity contribution in [2.24, 2.45) is 0 Å². The fourth-order valence-corrected chi connectivity index (χ4v) is 6.83. The average molecular weight is 602 g/mol. The van der Waals surface area contributed by atoms with E-state index in [0.717, 1.165) is 12.8 Å². The number of ether oxygens (including phenoxy) is 1. The summed E-state index contributed by atoms with van der Waals surface area (Å²) in [5, 5.41) is 16.0. The Bertz CT molecular complexity index is 1320. The van der Waals surface area contributed by atoms with Gasteiger partial charge in [0.1, 0.15) is 11.3 Å². The molecular weight excluding hydrogens is 558 g/mol. The molecule has 2 amide bonds. The molecule has 0 spiro atoms. The molecule has 1 aliphatic rings. The normalized spacial score (nSPS) is 16.2. The number of aliphatic carboxylic acids is 1. The van der Waals surface area contributed by atoms with E-state index in [4.69, 9.17) is 4.74 Å². The summed E-state index contributed by atoms with van der Waals surface area (Å²) in [6, 6.07) is 12.5. The van der Waals surface area contributed by atoms with Crippen LogP contribution in [0.25, 0.3) is 0 Å². The van der Waals surface area contributed by atoms with Crippen LogP contribution in [0.1, 0.15) is 80.9 Å². The lowest BCUT2D eigenvalue weighted by atomic mass is 9.92. The lowest BCUT2D eigenvalue weighted by Crippen LogP contribution is -2.61. The molecule has 10 nitrogen and oxygen atoms in total. The Morgan fingerprint density at radius 3 is 2.31 bits per heavy atom. The van der Waals surface area contributed by atoms with E-state index >= 15 is 0 Å². The standard InChI is InChI=1S/C31H43N3O7S/c1-5-32-26-20-25(21-27(41-6-2)28(26)23(4)35)22(3)34(17-11-10-14-24-12-8-7-9-13-24)30(38)33-31(29(36)37)15-18-42(39,40)19-16-31/h7-9,12-13,20-22,32H,5-6,10-11,14-19H2,1-4H3,(H,33,38)(H,36,37). The number of carboxylic acid groups (broad SMARTS) is 1. The van der Waals surface area contributed by atoms with Gasteiger partial charge in [0.25, 0.3) is 0 Å². The third kappa shape index (κ3) is 8.24. The summed E-state index contributed by atoms with van der Waals surface area (Å²) in [6.45, 7) is 8.32. The van der Waals surface area contributed by atoms with Crippen molar-refractivity contribution in [3.63, 3.8) is 0 Å². The molecule has 1 aliphatic heterocycles. The van der Waals surface area contributed by atoms with Gasteiger partial charge in [-0.1, -0.05) is 30.3 Å². The number of carbonyl (C=O) groups is 3. The van der Waals surface area contributed by atoms with Gasteiger partial charge < -0.3 is 25.4 Å². The highest BCUT2D eigenvalue weighted by Gasteiger charge is 2.46. The molecule has 0 saturated carbocycles. The molecule has 1 heterocycles. The Morgan fingerprint density at radius 1 is 1.07 bits per heavy atom. The molecule has 0 aliphatic carbocycles. The summed E-state index contributed by atoms with van der Waals surface area (Å²) < 4.78 is 29.9. The maximum Gasteiger partial charge on any atom is 0.329 e. The summed E-state index contributed by atoms with van der Waals surface area (Å²) >= 11 is 0. The van der Waals surface area contributed by atoms with Gasteiger partial charge in [0.05, 0.1) is 29.7 Å². The lowest BCUT2D eigenvalue weighted by Gasteiger charge is -2.38. The molecule has 1 fully saturated rings. The summed E-state index contributed by atoms with van der Waals surface area (Å²) in [4.78, 5) is 40.3. The minimum absolute atomic E-state index is 0.153. The predicted octanol–water partition coefficient (Wildman–Crippen LogP) is 4.85. The zero-order chi connectivity index (χ0) is 30.9. The van der Waals surface area contributed by atoms with Gasteiger partial charge in [-0.25, -0.2) is 18.0 Å². The van der Waals surface area contributed by atoms with Gasteiger partial charge in [-0.2, -0.15) is 0 Å². The highest BCUT2D eigenvalue weighted by molar-refractivity contribution is 7.91. The molecule has 2 aromatic rings. The Hall–Kier alpha value is -3.60. The number of benzene rings is 2. The number of rotatable bonds is 14. The van der Waals surface area contributed by atoms with Crippen molar-refractivity contribution >= 4 is 33.3 Å². The number of anilines is 1. The summed E-state index contributed by atoms with van der Waals surface area (Å²) in [5.74, 6) is -1.60. The second-order valence-electron chi connectivity index (χ2n) is 10.7. The van der Waals surface area contributed by atoms with E-state index in [1.54, 1.807) is 11.0 Å². The zero-order valence-electron chi connectivity index (χ0n) is 24.9. The maximum atomic E-state index is 13.9. The number of urea groups is 1. The van der Waals surface area contributed by atoms with E-state index < -0.39 is 33.4 Å². The number of sulfone groups is 1. The van der Waals surface area contributed by atoms with Gasteiger partial charge in [0.15, 0.2) is 15.6 Å². The van der Waals surface area contributed by atoms with E-state index in [-0.39, 0.29) is 30.1 Å². The fraction of sp³-hybridized carbons (Fsp3) is 0.516. The molecule has 230 valence electrons. The Kier molecular flexibility index (Phi) is 11.4. The minimum Gasteiger partial charge on any atom is -0.493 e. The number of hydrogen-bond acceptors (Lipinski definition) is 7. The van der Waals surface area contributed by atoms with Crippen LogP contribution < -0.4 is 15.4 Å². The van der Waals surface area contributed by atoms with E-state index in [1.165, 1.54) is 12.5 Å². The van der Waals surface area contributed by atoms with E-state index in [2.05, 4.69) is 22.8 Å². The van der Waals surface area contributed by atoms with Crippen LogP contribution in [-0.4, -0.2) is 72.9 Å². The fourth-order valence-electron chi connectivity index (χ4n) is 5.30. The second-order valence-corrected chi connectivity index (χ2v) is 13.0. The number of amides is 2. The summed E-state index contributed by atoms with van der Waals surface area (Å²) in [7, 11) is -3.35. The third-order valence-corrected chi connectivity index (χ3v) is 9.40. The second kappa shape index (κ2) is 14.5. The van der Waals surface area contributed by atoms with Gasteiger partial charge in [0, 0.05) is 18.8 Å². The lowest BCUT2D eigenvalue weighted by molar-refractivity contribution is -0.144. The van der Waals surface area contributed by atoms with Crippen molar-refractivity contribution < 1.29 is 32.6 Å². The first kappa shape index (κ1) is 32.9. The quantitative estimate of drug-likeness (QED) is 0.206. The van der Waals surface area contributed by atoms with E-state index in [0.29, 0.717) is 48.7 Å². The minimum atomic E-state index is -3.35. The van der Waals surface area contributed by atoms with Crippen molar-refractivity contribution in [3.8, 4) is 5.75 Å². The smallest absolute Gasteiger partial charge is 0.329 e. The molecule has 42 heavy (non-hydrogen) atoms. The monoisotopic (exact) mass is 601 g/mol. The van der Waals surface area contributed by atoms with Crippen molar-refractivity contribution in [3.05, 3.63) is 59.2 Å². The largest absolute Gasteiger partial charge is 0.493 e. The van der Waals surface area contributed by atoms with Crippen LogP contribution in [0, 0.1) is 0 Å². The molecule has 0 aromatic heterocycles. The molecule has 3 rings (SSSR count). The highest BCUT2D eigenvalue weighted by Crippen LogP contribution is 2.35. The number of carbonyl (C=O) groups excluding carboxylic acids is 2. The molecule has 1 saturated heterocycles. The van der Waals surface area contributed by atoms with Crippen molar-refractivity contribution in [2.45, 2.75) is 71.4 Å². The van der Waals surface area contributed by atoms with Crippen LogP contribution in [0.2, 0.25) is 0 Å². The molecule has 2 aromatic carbocycles. The van der Waals surface area contributed by atoms with Gasteiger partial charge in [0.2, 0.25) is 0 Å². The predicted molar refractivity (Wildman–Crippen MR) is 163 cm³/mol. The number of aryl methyl sites for hydroxylation is 1. The van der Waals surface area contributed by atoms with Gasteiger partial charge >= 0.3 is 12.0 Å². The topological polar surface area (TPSA) is 142 Å². The van der Waals surface area contributed by atoms with Gasteiger partial charge in [-0.05, 0) is 83.1 Å². The van der Waals surface area contributed by atoms with Gasteiger partial charge in [-0.3, -0.25) is 4.79 Å². The number of nitrogens with zero attached hydrogens (tertiary/aromatic N) is 1. The van der Waals surface area contributed by atoms with Crippen LogP contribution in [0.4, 0.5) is 10.5 Å². The molecule has 11 heteroatoms. The highest BCUT2D eigenvalue weighted by atomic mass is 32.2. The Balaban J connectivity index is 1.94. The number of nitrogens with one attached hydrogen (secondary N) is 2. The number of carboxylic acids is 1. The van der Waals surface area contributed by atoms with Crippen LogP contribution in [0.3, 0.4) is 0 Å². The summed E-state index contributed by atoms with van der Waals surface area (Å²) in [6.07, 6.45) is 1.90. The van der Waals surface area contributed by atoms with E-state index in [9.17, 15) is 27.9 Å². The van der Waals surface area contributed by atoms with Crippen LogP contribution >= 0.6 is 0 Å². The average Bonchev–Trinajstić information content (AvgIpc) is 2.94. The van der Waals surface area contributed by atoms with Crippen LogP contribution in [0.5, 0.6) is 5.75 Å². The molecule has 3 N–H and O–H groups in total.